The van der Waals surface area contributed by atoms with Crippen molar-refractivity contribution in [3.63, 3.8) is 0 Å². The van der Waals surface area contributed by atoms with Crippen LogP contribution in [0, 0.1) is 0 Å². The van der Waals surface area contributed by atoms with Crippen molar-refractivity contribution in [1.82, 2.24) is 0 Å². The second-order valence-electron chi connectivity index (χ2n) is 25.7. The average molecular weight is 1260 g/mol. The summed E-state index contributed by atoms with van der Waals surface area (Å²) in [6.07, 6.45) is 0. The Balaban J connectivity index is 0.000000134. The maximum absolute atomic E-state index is 6.88. The van der Waals surface area contributed by atoms with Gasteiger partial charge in [-0.25, -0.2) is 0 Å². The van der Waals surface area contributed by atoms with Gasteiger partial charge in [0, 0.05) is 90.1 Å². The number of benzene rings is 15. The number of hydrogen-bond donors (Lipinski definition) is 0. The van der Waals surface area contributed by atoms with Crippen molar-refractivity contribution in [2.75, 3.05) is 9.80 Å². The number of fused-ring (bicyclic) bond motifs is 24. The smallest absolute Gasteiger partial charge is 0.137 e. The largest absolute Gasteiger partial charge is 0.457 e. The van der Waals surface area contributed by atoms with E-state index in [1.165, 1.54) is 55.6 Å². The van der Waals surface area contributed by atoms with Gasteiger partial charge in [-0.05, 0) is 177 Å². The lowest BCUT2D eigenvalue weighted by molar-refractivity contribution is 0.436. The van der Waals surface area contributed by atoms with Crippen LogP contribution in [-0.2, 0) is 10.8 Å². The van der Waals surface area contributed by atoms with Gasteiger partial charge in [0.15, 0.2) is 0 Å². The standard InChI is InChI=1S/C49H31NO2.C43H27NO2/c1-3-14-32(15-4-1)33-16-13-19-35(28-33)50(34-17-5-2-6-18-34)36-26-27-38-40-30-39-37-20-7-8-21-41(37)49(44(39)31-48(40)52-47(38)29-36)42-22-9-11-24-45(42)51-46-25-12-10-23-43(46)49;1-3-13-28(14-4-1)44(29-15-5-2-6-16-29)30-23-24-32-34-26-33-31-17-7-8-18-35(31)43(38(33)27-42(34)46-41(32)25-30)36-19-9-11-21-39(36)45-40-22-12-10-20-37(40)43/h1-31H;1-27H. The molecule has 98 heavy (non-hydrogen) atoms. The molecule has 17 aromatic rings. The van der Waals surface area contributed by atoms with Crippen LogP contribution in [0.4, 0.5) is 34.1 Å². The number of anilines is 6. The van der Waals surface area contributed by atoms with E-state index in [4.69, 9.17) is 18.3 Å². The fourth-order valence-corrected chi connectivity index (χ4v) is 16.6. The normalized spacial score (nSPS) is 13.4. The first-order valence-corrected chi connectivity index (χ1v) is 33.4. The van der Waals surface area contributed by atoms with Crippen LogP contribution in [0.1, 0.15) is 44.5 Å². The van der Waals surface area contributed by atoms with Crippen LogP contribution < -0.4 is 19.3 Å². The van der Waals surface area contributed by atoms with Crippen molar-refractivity contribution in [1.29, 1.82) is 0 Å². The summed E-state index contributed by atoms with van der Waals surface area (Å²) >= 11 is 0. The van der Waals surface area contributed by atoms with Gasteiger partial charge in [0.05, 0.1) is 10.8 Å². The maximum Gasteiger partial charge on any atom is 0.137 e. The summed E-state index contributed by atoms with van der Waals surface area (Å²) in [6.45, 7) is 0. The first-order chi connectivity index (χ1) is 48.6. The number of ether oxygens (including phenoxy) is 2. The second kappa shape index (κ2) is 21.8. The van der Waals surface area contributed by atoms with E-state index in [1.807, 2.05) is 0 Å². The molecule has 0 unspecified atom stereocenters. The van der Waals surface area contributed by atoms with Crippen molar-refractivity contribution < 1.29 is 18.3 Å². The highest BCUT2D eigenvalue weighted by molar-refractivity contribution is 6.11. The zero-order chi connectivity index (χ0) is 64.5. The zero-order valence-electron chi connectivity index (χ0n) is 53.0. The quantitative estimate of drug-likeness (QED) is 0.158. The Kier molecular flexibility index (Phi) is 12.4. The minimum atomic E-state index is -0.538. The van der Waals surface area contributed by atoms with Crippen LogP contribution in [0.3, 0.4) is 0 Å². The highest BCUT2D eigenvalue weighted by Crippen LogP contribution is 2.65. The molecule has 6 heteroatoms. The van der Waals surface area contributed by atoms with E-state index in [0.29, 0.717) is 0 Å². The van der Waals surface area contributed by atoms with Crippen molar-refractivity contribution in [2.24, 2.45) is 0 Å². The van der Waals surface area contributed by atoms with Gasteiger partial charge in [0.1, 0.15) is 45.3 Å². The molecule has 460 valence electrons. The number of rotatable bonds is 7. The van der Waals surface area contributed by atoms with Crippen molar-refractivity contribution in [2.45, 2.75) is 10.8 Å². The summed E-state index contributed by atoms with van der Waals surface area (Å²) in [4.78, 5) is 4.58. The molecule has 0 atom stereocenters. The summed E-state index contributed by atoms with van der Waals surface area (Å²) in [5.74, 6) is 3.55. The molecule has 2 aliphatic carbocycles. The SMILES string of the molecule is c1ccc(-c2cccc(N(c3ccccc3)c3ccc4c(c3)oc3cc5c(cc34)-c3ccccc3C53c4ccccc4Oc4ccccc43)c2)cc1.c1ccc(N(c2ccccc2)c2ccc3c(c2)oc2cc4c(cc23)-c2ccccc2C42c3ccccc3Oc3ccccc32)cc1. The molecule has 0 fully saturated rings. The van der Waals surface area contributed by atoms with Crippen LogP contribution in [0.15, 0.2) is 361 Å². The summed E-state index contributed by atoms with van der Waals surface area (Å²) in [7, 11) is 0. The topological polar surface area (TPSA) is 51.2 Å². The van der Waals surface area contributed by atoms with Crippen LogP contribution in [0.2, 0.25) is 0 Å². The number of furan rings is 2. The molecule has 0 radical (unpaired) electrons. The van der Waals surface area contributed by atoms with Crippen molar-refractivity contribution in [3.05, 3.63) is 396 Å². The monoisotopic (exact) mass is 1250 g/mol. The molecule has 15 aromatic carbocycles. The lowest BCUT2D eigenvalue weighted by Crippen LogP contribution is -2.32. The van der Waals surface area contributed by atoms with Gasteiger partial charge in [-0.3, -0.25) is 0 Å². The molecule has 0 N–H and O–H groups in total. The fraction of sp³-hybridized carbons (Fsp3) is 0.0217. The minimum absolute atomic E-state index is 0.521. The summed E-state index contributed by atoms with van der Waals surface area (Å²) < 4.78 is 26.7. The van der Waals surface area contributed by atoms with Crippen LogP contribution >= 0.6 is 0 Å². The maximum atomic E-state index is 6.88. The van der Waals surface area contributed by atoms with Gasteiger partial charge in [0.2, 0.25) is 0 Å². The third kappa shape index (κ3) is 8.22. The summed E-state index contributed by atoms with van der Waals surface area (Å²) in [5.41, 5.74) is 25.7. The highest BCUT2D eigenvalue weighted by atomic mass is 16.5. The minimum Gasteiger partial charge on any atom is -0.457 e. The van der Waals surface area contributed by atoms with Crippen LogP contribution in [0.25, 0.3) is 77.3 Å². The van der Waals surface area contributed by atoms with E-state index < -0.39 is 10.8 Å². The molecule has 2 spiro atoms. The molecule has 2 aliphatic heterocycles. The lowest BCUT2D eigenvalue weighted by Gasteiger charge is -2.39. The van der Waals surface area contributed by atoms with E-state index in [9.17, 15) is 0 Å². The van der Waals surface area contributed by atoms with Gasteiger partial charge in [-0.2, -0.15) is 0 Å². The Labute approximate surface area is 566 Å². The Bertz CT molecular complexity index is 5900. The number of para-hydroxylation sites is 7. The third-order valence-electron chi connectivity index (χ3n) is 20.6. The first kappa shape index (κ1) is 55.5. The Hall–Kier alpha value is -12.9. The van der Waals surface area contributed by atoms with E-state index >= 15 is 0 Å². The van der Waals surface area contributed by atoms with Crippen molar-refractivity contribution in [3.8, 4) is 56.4 Å². The van der Waals surface area contributed by atoms with Gasteiger partial charge >= 0.3 is 0 Å². The fourth-order valence-electron chi connectivity index (χ4n) is 16.6. The molecular weight excluding hydrogens is 1200 g/mol. The Morgan fingerprint density at radius 2 is 0.510 bits per heavy atom. The van der Waals surface area contributed by atoms with E-state index in [1.54, 1.807) is 0 Å². The predicted octanol–water partition coefficient (Wildman–Crippen LogP) is 24.7. The molecule has 21 rings (SSSR count). The Morgan fingerprint density at radius 1 is 0.194 bits per heavy atom. The number of nitrogens with zero attached hydrogens (tertiary/aromatic N) is 2. The lowest BCUT2D eigenvalue weighted by atomic mass is 9.66. The first-order valence-electron chi connectivity index (χ1n) is 33.4. The summed E-state index contributed by atoms with van der Waals surface area (Å²) in [6, 6.07) is 125. The van der Waals surface area contributed by atoms with E-state index in [2.05, 4.69) is 362 Å². The molecule has 6 nitrogen and oxygen atoms in total. The number of hydrogen-bond acceptors (Lipinski definition) is 6. The molecule has 4 heterocycles. The molecular formula is C92H58N2O4. The van der Waals surface area contributed by atoms with Crippen LogP contribution in [0.5, 0.6) is 23.0 Å². The van der Waals surface area contributed by atoms with Gasteiger partial charge in [0.25, 0.3) is 0 Å². The van der Waals surface area contributed by atoms with E-state index in [-0.39, 0.29) is 0 Å². The highest BCUT2D eigenvalue weighted by Gasteiger charge is 2.53. The average Bonchev–Trinajstić information content (AvgIpc) is 1.50. The zero-order valence-corrected chi connectivity index (χ0v) is 53.0. The molecule has 0 amide bonds. The second-order valence-corrected chi connectivity index (χ2v) is 25.7. The predicted molar refractivity (Wildman–Crippen MR) is 397 cm³/mol. The molecule has 4 aliphatic rings. The van der Waals surface area contributed by atoms with E-state index in [0.717, 1.165) is 123 Å². The molecule has 0 saturated heterocycles. The molecule has 0 saturated carbocycles. The van der Waals surface area contributed by atoms with Gasteiger partial charge in [-0.15, -0.1) is 0 Å². The van der Waals surface area contributed by atoms with Gasteiger partial charge in [-0.1, -0.05) is 218 Å². The van der Waals surface area contributed by atoms with Crippen LogP contribution in [-0.4, -0.2) is 0 Å². The van der Waals surface area contributed by atoms with Crippen molar-refractivity contribution >= 4 is 78.0 Å². The summed E-state index contributed by atoms with van der Waals surface area (Å²) in [5, 5.41) is 4.43. The molecule has 0 bridgehead atoms. The Morgan fingerprint density at radius 3 is 0.929 bits per heavy atom. The van der Waals surface area contributed by atoms with Gasteiger partial charge < -0.3 is 28.1 Å². The molecule has 2 aromatic heterocycles. The third-order valence-corrected chi connectivity index (χ3v) is 20.6.